The second kappa shape index (κ2) is 22.0. The summed E-state index contributed by atoms with van der Waals surface area (Å²) in [4.78, 5) is 0. The van der Waals surface area contributed by atoms with Gasteiger partial charge in [0.2, 0.25) is 0 Å². The van der Waals surface area contributed by atoms with Crippen LogP contribution in [0.3, 0.4) is 0 Å². The van der Waals surface area contributed by atoms with Gasteiger partial charge in [-0.2, -0.15) is 0 Å². The lowest BCUT2D eigenvalue weighted by molar-refractivity contribution is 0.170. The Balaban J connectivity index is 0.977. The first-order valence-corrected chi connectivity index (χ1v) is 18.8. The fourth-order valence-corrected chi connectivity index (χ4v) is 6.27. The molecular weight excluding hydrogens is 667 g/mol. The molecule has 0 amide bonds. The first kappa shape index (κ1) is 39.7. The van der Waals surface area contributed by atoms with Gasteiger partial charge in [-0.25, -0.2) is 0 Å². The lowest BCUT2D eigenvalue weighted by Crippen LogP contribution is -2.32. The van der Waals surface area contributed by atoms with Crippen molar-refractivity contribution in [2.24, 2.45) is 0 Å². The van der Waals surface area contributed by atoms with Crippen LogP contribution in [0.15, 0.2) is 97.1 Å². The Morgan fingerprint density at radius 3 is 1.30 bits per heavy atom. The predicted octanol–water partition coefficient (Wildman–Crippen LogP) is 9.30. The third kappa shape index (κ3) is 15.0. The van der Waals surface area contributed by atoms with E-state index in [-0.39, 0.29) is 12.1 Å². The molecular formula is C42H54Cl2N2O4. The van der Waals surface area contributed by atoms with E-state index in [1.54, 1.807) is 12.1 Å². The number of aliphatic hydroxyl groups is 2. The number of aliphatic hydroxyl groups excluding tert-OH is 2. The van der Waals surface area contributed by atoms with Gasteiger partial charge < -0.3 is 30.3 Å². The Morgan fingerprint density at radius 1 is 0.540 bits per heavy atom. The number of benzene rings is 4. The topological polar surface area (TPSA) is 83.0 Å². The molecule has 50 heavy (non-hydrogen) atoms. The lowest BCUT2D eigenvalue weighted by Gasteiger charge is -2.18. The summed E-state index contributed by atoms with van der Waals surface area (Å²) < 4.78 is 11.9. The van der Waals surface area contributed by atoms with Gasteiger partial charge in [-0.3, -0.25) is 0 Å². The van der Waals surface area contributed by atoms with Crippen molar-refractivity contribution in [2.45, 2.75) is 89.5 Å². The maximum atomic E-state index is 10.4. The molecule has 270 valence electrons. The second-order valence-corrected chi connectivity index (χ2v) is 14.1. The molecule has 3 unspecified atom stereocenters. The van der Waals surface area contributed by atoms with E-state index < -0.39 is 12.2 Å². The molecule has 0 spiro atoms. The fraction of sp³-hybridized carbons (Fsp3) is 0.429. The standard InChI is InChI=1S/C42H54Cl2N2O4/c1-31(45-29-41(47)35-11-9-13-37(43)27-35)25-33-15-19-39(20-16-33)49-23-7-5-3-4-6-8-24-50-40-21-17-34(18-22-40)26-32(2)46-30-42(48)36-12-10-14-38(44)28-36/h9-22,27-28,31-32,41-42,45-48H,3-8,23-26,29-30H2,1-2H3/t31?,32?,41-,42?/m0/s1. The lowest BCUT2D eigenvalue weighted by atomic mass is 10.1. The molecule has 0 heterocycles. The Kier molecular flexibility index (Phi) is 17.4. The molecule has 8 heteroatoms. The third-order valence-electron chi connectivity index (χ3n) is 8.79. The molecule has 0 fully saturated rings. The van der Waals surface area contributed by atoms with Crippen LogP contribution in [-0.2, 0) is 12.8 Å². The van der Waals surface area contributed by atoms with Crippen LogP contribution in [0.4, 0.5) is 0 Å². The summed E-state index contributed by atoms with van der Waals surface area (Å²) in [6, 6.07) is 31.9. The molecule has 4 aromatic carbocycles. The van der Waals surface area contributed by atoms with Crippen LogP contribution in [0.2, 0.25) is 10.0 Å². The van der Waals surface area contributed by atoms with Crippen LogP contribution >= 0.6 is 23.2 Å². The minimum Gasteiger partial charge on any atom is -0.494 e. The van der Waals surface area contributed by atoms with Gasteiger partial charge >= 0.3 is 0 Å². The Morgan fingerprint density at radius 2 is 0.920 bits per heavy atom. The number of nitrogens with one attached hydrogen (secondary N) is 2. The first-order valence-electron chi connectivity index (χ1n) is 18.0. The van der Waals surface area contributed by atoms with Crippen molar-refractivity contribution in [1.82, 2.24) is 10.6 Å². The average molecular weight is 722 g/mol. The van der Waals surface area contributed by atoms with E-state index in [9.17, 15) is 10.2 Å². The summed E-state index contributed by atoms with van der Waals surface area (Å²) >= 11 is 12.1. The van der Waals surface area contributed by atoms with Gasteiger partial charge in [0.25, 0.3) is 0 Å². The molecule has 4 aromatic rings. The molecule has 0 aromatic heterocycles. The largest absolute Gasteiger partial charge is 0.494 e. The normalized spacial score (nSPS) is 13.8. The number of halogens is 2. The van der Waals surface area contributed by atoms with Crippen molar-refractivity contribution in [2.75, 3.05) is 26.3 Å². The third-order valence-corrected chi connectivity index (χ3v) is 9.26. The molecule has 0 bridgehead atoms. The summed E-state index contributed by atoms with van der Waals surface area (Å²) in [6.07, 6.45) is 7.41. The van der Waals surface area contributed by atoms with Gasteiger partial charge in [0.05, 0.1) is 25.4 Å². The van der Waals surface area contributed by atoms with Gasteiger partial charge in [-0.05, 0) is 110 Å². The minimum atomic E-state index is -0.588. The minimum absolute atomic E-state index is 0.228. The summed E-state index contributed by atoms with van der Waals surface area (Å²) in [5, 5.41) is 29.0. The Hall–Kier alpha value is -3.10. The van der Waals surface area contributed by atoms with Crippen molar-refractivity contribution in [3.05, 3.63) is 129 Å². The van der Waals surface area contributed by atoms with Gasteiger partial charge in [-0.15, -0.1) is 0 Å². The van der Waals surface area contributed by atoms with E-state index in [0.717, 1.165) is 74.4 Å². The summed E-state index contributed by atoms with van der Waals surface area (Å²) in [6.45, 7) is 6.68. The molecule has 4 N–H and O–H groups in total. The van der Waals surface area contributed by atoms with Crippen molar-refractivity contribution in [1.29, 1.82) is 0 Å². The molecule has 0 aliphatic rings. The van der Waals surface area contributed by atoms with Crippen LogP contribution < -0.4 is 20.1 Å². The number of hydrogen-bond acceptors (Lipinski definition) is 6. The second-order valence-electron chi connectivity index (χ2n) is 13.3. The van der Waals surface area contributed by atoms with Gasteiger partial charge in [0.1, 0.15) is 11.5 Å². The SMILES string of the molecule is CC(Cc1ccc(OCCCCCCCCOc2ccc(CC(C)NC[C@H](O)c3cccc(Cl)c3)cc2)cc1)NCC(O)c1cccc(Cl)c1. The highest BCUT2D eigenvalue weighted by Crippen LogP contribution is 2.20. The van der Waals surface area contributed by atoms with Gasteiger partial charge in [-0.1, -0.05) is 97.4 Å². The van der Waals surface area contributed by atoms with Crippen LogP contribution in [0.25, 0.3) is 0 Å². The van der Waals surface area contributed by atoms with Crippen molar-refractivity contribution < 1.29 is 19.7 Å². The summed E-state index contributed by atoms with van der Waals surface area (Å²) in [5.74, 6) is 1.82. The van der Waals surface area contributed by atoms with E-state index in [2.05, 4.69) is 48.7 Å². The zero-order valence-corrected chi connectivity index (χ0v) is 31.0. The van der Waals surface area contributed by atoms with Crippen molar-refractivity contribution in [3.63, 3.8) is 0 Å². The molecule has 6 nitrogen and oxygen atoms in total. The quantitative estimate of drug-likeness (QED) is 0.0572. The molecule has 0 aliphatic heterocycles. The van der Waals surface area contributed by atoms with Crippen LogP contribution in [0, 0.1) is 0 Å². The Bertz CT molecular complexity index is 1400. The van der Waals surface area contributed by atoms with E-state index in [4.69, 9.17) is 32.7 Å². The average Bonchev–Trinajstić information content (AvgIpc) is 3.11. The summed E-state index contributed by atoms with van der Waals surface area (Å²) in [7, 11) is 0. The van der Waals surface area contributed by atoms with E-state index in [0.29, 0.717) is 23.1 Å². The number of hydrogen-bond donors (Lipinski definition) is 4. The molecule has 0 saturated heterocycles. The molecule has 4 atom stereocenters. The predicted molar refractivity (Wildman–Crippen MR) is 207 cm³/mol. The maximum absolute atomic E-state index is 10.4. The van der Waals surface area contributed by atoms with E-state index in [1.165, 1.54) is 24.0 Å². The van der Waals surface area contributed by atoms with Crippen LogP contribution in [0.1, 0.15) is 86.8 Å². The van der Waals surface area contributed by atoms with Crippen LogP contribution in [0.5, 0.6) is 11.5 Å². The smallest absolute Gasteiger partial charge is 0.119 e. The zero-order chi connectivity index (χ0) is 35.6. The fourth-order valence-electron chi connectivity index (χ4n) is 5.88. The molecule has 0 saturated carbocycles. The number of rotatable bonds is 23. The Labute approximate surface area is 309 Å². The summed E-state index contributed by atoms with van der Waals surface area (Å²) in [5.41, 5.74) is 4.11. The highest BCUT2D eigenvalue weighted by atomic mass is 35.5. The first-order chi connectivity index (χ1) is 24.2. The van der Waals surface area contributed by atoms with E-state index in [1.807, 2.05) is 60.7 Å². The van der Waals surface area contributed by atoms with Crippen molar-refractivity contribution >= 4 is 23.2 Å². The van der Waals surface area contributed by atoms with Crippen molar-refractivity contribution in [3.8, 4) is 11.5 Å². The highest BCUT2D eigenvalue weighted by Gasteiger charge is 2.12. The van der Waals surface area contributed by atoms with Gasteiger partial charge in [0, 0.05) is 35.2 Å². The molecule has 0 radical (unpaired) electrons. The maximum Gasteiger partial charge on any atom is 0.119 e. The van der Waals surface area contributed by atoms with Gasteiger partial charge in [0.15, 0.2) is 0 Å². The number of ether oxygens (including phenoxy) is 2. The highest BCUT2D eigenvalue weighted by molar-refractivity contribution is 6.30. The zero-order valence-electron chi connectivity index (χ0n) is 29.5. The van der Waals surface area contributed by atoms with Crippen LogP contribution in [-0.4, -0.2) is 48.6 Å². The monoisotopic (exact) mass is 720 g/mol. The number of unbranched alkanes of at least 4 members (excludes halogenated alkanes) is 5. The molecule has 4 rings (SSSR count). The molecule has 0 aliphatic carbocycles. The van der Waals surface area contributed by atoms with E-state index >= 15 is 0 Å².